The van der Waals surface area contributed by atoms with Crippen molar-refractivity contribution in [3.8, 4) is 17.2 Å². The van der Waals surface area contributed by atoms with E-state index in [-0.39, 0.29) is 54.7 Å². The van der Waals surface area contributed by atoms with Crippen molar-refractivity contribution in [2.75, 3.05) is 26.8 Å². The number of aromatic amines is 1. The van der Waals surface area contributed by atoms with E-state index in [9.17, 15) is 19.2 Å². The molecular formula is C29H31N5O7. The van der Waals surface area contributed by atoms with Crippen LogP contribution in [0.2, 0.25) is 0 Å². The number of carbonyl (C=O) groups is 3. The van der Waals surface area contributed by atoms with Gasteiger partial charge >= 0.3 is 0 Å². The summed E-state index contributed by atoms with van der Waals surface area (Å²) in [7, 11) is 1.48. The van der Waals surface area contributed by atoms with Crippen molar-refractivity contribution in [1.82, 2.24) is 25.7 Å². The van der Waals surface area contributed by atoms with E-state index in [4.69, 9.17) is 14.2 Å². The van der Waals surface area contributed by atoms with Crippen LogP contribution in [0.5, 0.6) is 17.2 Å². The summed E-state index contributed by atoms with van der Waals surface area (Å²) < 4.78 is 17.3. The number of carbonyl (C=O) groups excluding carboxylic acids is 3. The third-order valence-electron chi connectivity index (χ3n) is 7.04. The monoisotopic (exact) mass is 561 g/mol. The van der Waals surface area contributed by atoms with E-state index in [1.165, 1.54) is 19.2 Å². The van der Waals surface area contributed by atoms with Gasteiger partial charge in [-0.1, -0.05) is 12.1 Å². The van der Waals surface area contributed by atoms with Crippen molar-refractivity contribution < 1.29 is 28.6 Å². The fourth-order valence-electron chi connectivity index (χ4n) is 4.78. The van der Waals surface area contributed by atoms with Gasteiger partial charge in [-0.3, -0.25) is 19.2 Å². The van der Waals surface area contributed by atoms with Crippen molar-refractivity contribution in [2.24, 2.45) is 0 Å². The Morgan fingerprint density at radius 2 is 1.93 bits per heavy atom. The molecule has 3 aliphatic heterocycles. The van der Waals surface area contributed by atoms with Crippen LogP contribution in [-0.2, 0) is 22.6 Å². The fourth-order valence-corrected chi connectivity index (χ4v) is 4.78. The Labute approximate surface area is 236 Å². The first-order chi connectivity index (χ1) is 19.9. The molecule has 41 heavy (non-hydrogen) atoms. The highest BCUT2D eigenvalue weighted by Gasteiger charge is 2.34. The van der Waals surface area contributed by atoms with Crippen LogP contribution in [-0.4, -0.2) is 71.8 Å². The highest BCUT2D eigenvalue weighted by atomic mass is 16.5. The number of likely N-dealkylation sites (tertiary alicyclic amines) is 1. The molecule has 3 aromatic rings. The Hall–Kier alpha value is -4.87. The quantitative estimate of drug-likeness (QED) is 0.430. The lowest BCUT2D eigenvalue weighted by molar-refractivity contribution is -0.133. The molecule has 1 fully saturated rings. The first kappa shape index (κ1) is 27.7. The summed E-state index contributed by atoms with van der Waals surface area (Å²) in [5, 5.41) is 12.2. The summed E-state index contributed by atoms with van der Waals surface area (Å²) in [6, 6.07) is 14.6. The van der Waals surface area contributed by atoms with Gasteiger partial charge in [0.1, 0.15) is 11.9 Å². The number of nitrogens with one attached hydrogen (secondary N) is 3. The third-order valence-corrected chi connectivity index (χ3v) is 7.04. The molecule has 12 heteroatoms. The van der Waals surface area contributed by atoms with Gasteiger partial charge < -0.3 is 29.7 Å². The maximum atomic E-state index is 13.4. The number of methoxy groups -OCH3 is 1. The Kier molecular flexibility index (Phi) is 8.47. The SMILES string of the molecule is COc1ccc2cc1OCC(=O)NCc1ccc(cc1)O[C@@H]1CCN(C(=O)CCc3ccc(=O)[nH]n3)C[C@@H]1NC2=O. The van der Waals surface area contributed by atoms with E-state index >= 15 is 0 Å². The molecule has 0 saturated carbocycles. The maximum Gasteiger partial charge on any atom is 0.264 e. The van der Waals surface area contributed by atoms with Gasteiger partial charge in [-0.15, -0.1) is 0 Å². The summed E-state index contributed by atoms with van der Waals surface area (Å²) in [5.74, 6) is 0.469. The largest absolute Gasteiger partial charge is 0.493 e. The number of H-pyrrole nitrogens is 1. The summed E-state index contributed by atoms with van der Waals surface area (Å²) in [6.07, 6.45) is 0.696. The maximum absolute atomic E-state index is 13.4. The van der Waals surface area contributed by atoms with Crippen LogP contribution in [0.1, 0.15) is 34.5 Å². The Morgan fingerprint density at radius 1 is 1.10 bits per heavy atom. The van der Waals surface area contributed by atoms with Gasteiger partial charge in [0, 0.05) is 50.5 Å². The number of benzene rings is 2. The first-order valence-electron chi connectivity index (χ1n) is 13.3. The van der Waals surface area contributed by atoms with E-state index in [0.29, 0.717) is 48.7 Å². The van der Waals surface area contributed by atoms with Crippen molar-refractivity contribution in [3.05, 3.63) is 81.8 Å². The molecule has 3 aliphatic rings. The second-order valence-corrected chi connectivity index (χ2v) is 9.85. The van der Waals surface area contributed by atoms with Crippen LogP contribution < -0.4 is 30.4 Å². The number of hydrogen-bond donors (Lipinski definition) is 3. The van der Waals surface area contributed by atoms with E-state index in [0.717, 1.165) is 5.56 Å². The highest BCUT2D eigenvalue weighted by Crippen LogP contribution is 2.29. The van der Waals surface area contributed by atoms with E-state index in [2.05, 4.69) is 20.8 Å². The first-order valence-corrected chi connectivity index (χ1v) is 13.3. The smallest absolute Gasteiger partial charge is 0.264 e. The number of amides is 3. The number of fused-ring (bicyclic) bond motifs is 7. The molecule has 4 heterocycles. The second-order valence-electron chi connectivity index (χ2n) is 9.85. The lowest BCUT2D eigenvalue weighted by Gasteiger charge is -2.39. The lowest BCUT2D eigenvalue weighted by Crippen LogP contribution is -2.58. The predicted octanol–water partition coefficient (Wildman–Crippen LogP) is 1.20. The van der Waals surface area contributed by atoms with Gasteiger partial charge in [-0.2, -0.15) is 5.10 Å². The molecule has 0 unspecified atom stereocenters. The van der Waals surface area contributed by atoms with Gasteiger partial charge in [-0.25, -0.2) is 5.10 Å². The second kappa shape index (κ2) is 12.5. The molecule has 1 aromatic heterocycles. The van der Waals surface area contributed by atoms with Gasteiger partial charge in [0.25, 0.3) is 17.4 Å². The van der Waals surface area contributed by atoms with Crippen LogP contribution in [0, 0.1) is 0 Å². The minimum atomic E-state index is -0.503. The summed E-state index contributed by atoms with van der Waals surface area (Å²) in [5.41, 5.74) is 1.50. The summed E-state index contributed by atoms with van der Waals surface area (Å²) >= 11 is 0. The zero-order valence-corrected chi connectivity index (χ0v) is 22.6. The molecule has 2 atom stereocenters. The highest BCUT2D eigenvalue weighted by molar-refractivity contribution is 5.95. The summed E-state index contributed by atoms with van der Waals surface area (Å²) in [6.45, 7) is 0.778. The number of piperidine rings is 1. The number of aryl methyl sites for hydroxylation is 1. The molecule has 0 aliphatic carbocycles. The summed E-state index contributed by atoms with van der Waals surface area (Å²) in [4.78, 5) is 51.8. The Bertz CT molecular complexity index is 1450. The average molecular weight is 562 g/mol. The number of ether oxygens (including phenoxy) is 3. The predicted molar refractivity (Wildman–Crippen MR) is 147 cm³/mol. The number of nitrogens with zero attached hydrogens (tertiary/aromatic N) is 2. The fraction of sp³-hybridized carbons (Fsp3) is 0.345. The van der Waals surface area contributed by atoms with Crippen molar-refractivity contribution >= 4 is 17.7 Å². The lowest BCUT2D eigenvalue weighted by atomic mass is 10.00. The minimum Gasteiger partial charge on any atom is -0.493 e. The molecule has 6 rings (SSSR count). The normalized spacial score (nSPS) is 19.1. The van der Waals surface area contributed by atoms with Crippen molar-refractivity contribution in [1.29, 1.82) is 0 Å². The number of hydrogen-bond acceptors (Lipinski definition) is 8. The molecular weight excluding hydrogens is 530 g/mol. The molecule has 12 nitrogen and oxygen atoms in total. The van der Waals surface area contributed by atoms with Crippen LogP contribution in [0.15, 0.2) is 59.4 Å². The van der Waals surface area contributed by atoms with Crippen LogP contribution in [0.25, 0.3) is 0 Å². The number of aromatic nitrogens is 2. The average Bonchev–Trinajstić information content (AvgIpc) is 2.99. The Morgan fingerprint density at radius 3 is 2.68 bits per heavy atom. The van der Waals surface area contributed by atoms with Crippen molar-refractivity contribution in [2.45, 2.75) is 38.0 Å². The third kappa shape index (κ3) is 7.02. The number of rotatable bonds is 4. The molecule has 0 radical (unpaired) electrons. The molecule has 3 amide bonds. The zero-order valence-electron chi connectivity index (χ0n) is 22.6. The van der Waals surface area contributed by atoms with Gasteiger partial charge in [0.2, 0.25) is 5.91 Å². The van der Waals surface area contributed by atoms with Crippen LogP contribution in [0.4, 0.5) is 0 Å². The van der Waals surface area contributed by atoms with Crippen molar-refractivity contribution in [3.63, 3.8) is 0 Å². The topological polar surface area (TPSA) is 152 Å². The molecule has 4 bridgehead atoms. The van der Waals surface area contributed by atoms with Gasteiger partial charge in [0.15, 0.2) is 18.1 Å². The van der Waals surface area contributed by atoms with Crippen LogP contribution in [0.3, 0.4) is 0 Å². The molecule has 2 aromatic carbocycles. The van der Waals surface area contributed by atoms with Crippen LogP contribution >= 0.6 is 0 Å². The van der Waals surface area contributed by atoms with Gasteiger partial charge in [-0.05, 0) is 42.0 Å². The minimum absolute atomic E-state index is 0.0873. The molecule has 1 saturated heterocycles. The van der Waals surface area contributed by atoms with Gasteiger partial charge in [0.05, 0.1) is 18.8 Å². The molecule has 0 spiro atoms. The Balaban J connectivity index is 1.36. The van der Waals surface area contributed by atoms with E-state index in [1.54, 1.807) is 23.1 Å². The standard InChI is InChI=1S/C29H31N5O7/c1-39-24-9-4-19-14-25(24)40-17-27(36)30-15-18-2-7-21(8-3-18)41-23-12-13-34(16-22(23)31-29(19)38)28(37)11-6-20-5-10-26(35)33-32-20/h2-5,7-10,14,22-23H,6,11-13,15-17H2,1H3,(H,30,36)(H,31,38)(H,33,35)/t22-,23+/m0/s1. The molecule has 214 valence electrons. The van der Waals surface area contributed by atoms with E-state index in [1.807, 2.05) is 24.3 Å². The zero-order chi connectivity index (χ0) is 28.8. The van der Waals surface area contributed by atoms with E-state index < -0.39 is 6.04 Å². The molecule has 3 N–H and O–H groups in total.